The first-order valence-corrected chi connectivity index (χ1v) is 7.62. The van der Waals surface area contributed by atoms with Crippen LogP contribution < -0.4 is 5.32 Å². The van der Waals surface area contributed by atoms with Crippen molar-refractivity contribution in [2.75, 3.05) is 6.54 Å². The van der Waals surface area contributed by atoms with Gasteiger partial charge in [-0.3, -0.25) is 14.5 Å². The van der Waals surface area contributed by atoms with Crippen molar-refractivity contribution in [3.05, 3.63) is 0 Å². The van der Waals surface area contributed by atoms with E-state index in [1.165, 1.54) is 0 Å². The maximum Gasteiger partial charge on any atom is 0.326 e. The molecule has 0 radical (unpaired) electrons. The van der Waals surface area contributed by atoms with Crippen molar-refractivity contribution in [3.63, 3.8) is 0 Å². The Morgan fingerprint density at radius 3 is 2.43 bits per heavy atom. The minimum absolute atomic E-state index is 0.0730. The minimum Gasteiger partial charge on any atom is -0.462 e. The molecule has 1 spiro atoms. The SMILES string of the molecule is CC(C)OC(=O)CN1C(=O)NC2(C1=O)C(C)CCCC2C. The zero-order chi connectivity index (χ0) is 15.8. The van der Waals surface area contributed by atoms with Crippen LogP contribution in [0.15, 0.2) is 0 Å². The first kappa shape index (κ1) is 15.8. The molecule has 2 unspecified atom stereocenters. The Bertz CT molecular complexity index is 451. The molecule has 1 N–H and O–H groups in total. The quantitative estimate of drug-likeness (QED) is 0.635. The van der Waals surface area contributed by atoms with Crippen LogP contribution in [0, 0.1) is 11.8 Å². The predicted molar refractivity (Wildman–Crippen MR) is 76.4 cm³/mol. The molecule has 3 amide bonds. The lowest BCUT2D eigenvalue weighted by Gasteiger charge is -2.42. The second kappa shape index (κ2) is 5.66. The van der Waals surface area contributed by atoms with Crippen LogP contribution in [0.4, 0.5) is 4.79 Å². The van der Waals surface area contributed by atoms with Crippen LogP contribution in [0.1, 0.15) is 47.0 Å². The molecule has 1 saturated carbocycles. The third-order valence-electron chi connectivity index (χ3n) is 4.64. The van der Waals surface area contributed by atoms with Crippen molar-refractivity contribution in [1.29, 1.82) is 0 Å². The van der Waals surface area contributed by atoms with Gasteiger partial charge < -0.3 is 10.1 Å². The molecule has 2 aliphatic rings. The Kier molecular flexibility index (Phi) is 4.25. The second-order valence-electron chi connectivity index (χ2n) is 6.46. The third-order valence-corrected chi connectivity index (χ3v) is 4.64. The maximum absolute atomic E-state index is 12.8. The summed E-state index contributed by atoms with van der Waals surface area (Å²) in [5, 5.41) is 2.86. The van der Waals surface area contributed by atoms with Gasteiger partial charge in [0.15, 0.2) is 0 Å². The summed E-state index contributed by atoms with van der Waals surface area (Å²) in [6.45, 7) is 7.13. The zero-order valence-electron chi connectivity index (χ0n) is 13.1. The number of carbonyl (C=O) groups excluding carboxylic acids is 3. The molecule has 1 aliphatic heterocycles. The topological polar surface area (TPSA) is 75.7 Å². The molecule has 2 fully saturated rings. The average molecular weight is 296 g/mol. The molecule has 2 rings (SSSR count). The van der Waals surface area contributed by atoms with Crippen LogP contribution in [-0.4, -0.2) is 41.0 Å². The number of amides is 3. The van der Waals surface area contributed by atoms with E-state index in [2.05, 4.69) is 5.32 Å². The van der Waals surface area contributed by atoms with Gasteiger partial charge in [0.05, 0.1) is 6.10 Å². The number of hydrogen-bond donors (Lipinski definition) is 1. The Morgan fingerprint density at radius 1 is 1.33 bits per heavy atom. The fourth-order valence-electron chi connectivity index (χ4n) is 3.53. The first-order valence-electron chi connectivity index (χ1n) is 7.62. The molecular weight excluding hydrogens is 272 g/mol. The summed E-state index contributed by atoms with van der Waals surface area (Å²) in [5.41, 5.74) is -0.854. The predicted octanol–water partition coefficient (Wildman–Crippen LogP) is 1.68. The van der Waals surface area contributed by atoms with E-state index < -0.39 is 17.5 Å². The fourth-order valence-corrected chi connectivity index (χ4v) is 3.53. The largest absolute Gasteiger partial charge is 0.462 e. The number of imide groups is 1. The van der Waals surface area contributed by atoms with E-state index in [1.807, 2.05) is 13.8 Å². The molecule has 0 aromatic rings. The Hall–Kier alpha value is -1.59. The number of ether oxygens (including phenoxy) is 1. The molecule has 2 atom stereocenters. The van der Waals surface area contributed by atoms with Crippen LogP contribution in [0.25, 0.3) is 0 Å². The molecular formula is C15H24N2O4. The van der Waals surface area contributed by atoms with E-state index in [4.69, 9.17) is 4.74 Å². The molecule has 0 aromatic heterocycles. The van der Waals surface area contributed by atoms with E-state index in [0.717, 1.165) is 24.2 Å². The number of rotatable bonds is 3. The molecule has 21 heavy (non-hydrogen) atoms. The summed E-state index contributed by atoms with van der Waals surface area (Å²) >= 11 is 0. The monoisotopic (exact) mass is 296 g/mol. The number of carbonyl (C=O) groups is 3. The number of nitrogens with one attached hydrogen (secondary N) is 1. The highest BCUT2D eigenvalue weighted by Crippen LogP contribution is 2.42. The summed E-state index contributed by atoms with van der Waals surface area (Å²) in [6.07, 6.45) is 2.60. The van der Waals surface area contributed by atoms with Crippen molar-refractivity contribution in [1.82, 2.24) is 10.2 Å². The lowest BCUT2D eigenvalue weighted by molar-refractivity contribution is -0.152. The van der Waals surface area contributed by atoms with Crippen LogP contribution in [0.2, 0.25) is 0 Å². The standard InChI is InChI=1S/C15H24N2O4/c1-9(2)21-12(18)8-17-13(19)15(16-14(17)20)10(3)6-5-7-11(15)4/h9-11H,5-8H2,1-4H3,(H,16,20). The summed E-state index contributed by atoms with van der Waals surface area (Å²) < 4.78 is 5.03. The molecule has 6 nitrogen and oxygen atoms in total. The van der Waals surface area contributed by atoms with Crippen LogP contribution >= 0.6 is 0 Å². The highest BCUT2D eigenvalue weighted by molar-refractivity contribution is 6.09. The second-order valence-corrected chi connectivity index (χ2v) is 6.46. The molecule has 1 saturated heterocycles. The van der Waals surface area contributed by atoms with E-state index in [-0.39, 0.29) is 30.4 Å². The molecule has 1 aliphatic carbocycles. The van der Waals surface area contributed by atoms with Crippen molar-refractivity contribution in [2.45, 2.75) is 58.6 Å². The molecule has 6 heteroatoms. The first-order chi connectivity index (χ1) is 9.79. The normalized spacial score (nSPS) is 32.7. The lowest BCUT2D eigenvalue weighted by Crippen LogP contribution is -2.59. The van der Waals surface area contributed by atoms with E-state index >= 15 is 0 Å². The molecule has 1 heterocycles. The smallest absolute Gasteiger partial charge is 0.326 e. The van der Waals surface area contributed by atoms with Gasteiger partial charge in [0.1, 0.15) is 12.1 Å². The number of urea groups is 1. The number of nitrogens with zero attached hydrogens (tertiary/aromatic N) is 1. The van der Waals surface area contributed by atoms with Gasteiger partial charge in [-0.2, -0.15) is 0 Å². The van der Waals surface area contributed by atoms with Gasteiger partial charge >= 0.3 is 12.0 Å². The highest BCUT2D eigenvalue weighted by atomic mass is 16.5. The van der Waals surface area contributed by atoms with Crippen LogP contribution in [0.3, 0.4) is 0 Å². The van der Waals surface area contributed by atoms with Gasteiger partial charge in [-0.1, -0.05) is 20.3 Å². The Morgan fingerprint density at radius 2 is 1.90 bits per heavy atom. The average Bonchev–Trinajstić information content (AvgIpc) is 2.61. The number of hydrogen-bond acceptors (Lipinski definition) is 4. The van der Waals surface area contributed by atoms with Crippen molar-refractivity contribution in [2.24, 2.45) is 11.8 Å². The summed E-state index contributed by atoms with van der Waals surface area (Å²) in [4.78, 5) is 37.7. The van der Waals surface area contributed by atoms with Gasteiger partial charge in [0.25, 0.3) is 5.91 Å². The summed E-state index contributed by atoms with van der Waals surface area (Å²) in [5.74, 6) is -0.692. The highest BCUT2D eigenvalue weighted by Gasteiger charge is 2.58. The van der Waals surface area contributed by atoms with Gasteiger partial charge in [-0.15, -0.1) is 0 Å². The van der Waals surface area contributed by atoms with Crippen LogP contribution in [-0.2, 0) is 14.3 Å². The number of esters is 1. The lowest BCUT2D eigenvalue weighted by atomic mass is 9.67. The minimum atomic E-state index is -0.854. The third kappa shape index (κ3) is 2.63. The Balaban J connectivity index is 2.18. The fraction of sp³-hybridized carbons (Fsp3) is 0.800. The van der Waals surface area contributed by atoms with Crippen LogP contribution in [0.5, 0.6) is 0 Å². The molecule has 0 bridgehead atoms. The summed E-state index contributed by atoms with van der Waals surface area (Å²) in [7, 11) is 0. The van der Waals surface area contributed by atoms with E-state index in [0.29, 0.717) is 0 Å². The molecule has 0 aromatic carbocycles. The van der Waals surface area contributed by atoms with E-state index in [1.54, 1.807) is 13.8 Å². The zero-order valence-corrected chi connectivity index (χ0v) is 13.1. The van der Waals surface area contributed by atoms with Crippen molar-refractivity contribution >= 4 is 17.9 Å². The Labute approximate surface area is 125 Å². The molecule has 118 valence electrons. The van der Waals surface area contributed by atoms with Crippen molar-refractivity contribution in [3.8, 4) is 0 Å². The van der Waals surface area contributed by atoms with Gasteiger partial charge in [0.2, 0.25) is 0 Å². The maximum atomic E-state index is 12.8. The van der Waals surface area contributed by atoms with E-state index in [9.17, 15) is 14.4 Å². The van der Waals surface area contributed by atoms with Gasteiger partial charge in [-0.25, -0.2) is 4.79 Å². The van der Waals surface area contributed by atoms with Gasteiger partial charge in [0, 0.05) is 0 Å². The van der Waals surface area contributed by atoms with Crippen molar-refractivity contribution < 1.29 is 19.1 Å². The summed E-state index contributed by atoms with van der Waals surface area (Å²) in [6, 6.07) is -0.485. The van der Waals surface area contributed by atoms with Gasteiger partial charge in [-0.05, 0) is 38.5 Å².